The molecule has 3 heteroatoms. The van der Waals surface area contributed by atoms with Crippen LogP contribution in [0.1, 0.15) is 19.4 Å². The summed E-state index contributed by atoms with van der Waals surface area (Å²) in [5.74, 6) is 0.497. The SMILES string of the molecule is CC(C)C(N)Cc1c[nH]c2cc(Cl)ccc12. The van der Waals surface area contributed by atoms with Gasteiger partial charge in [0.15, 0.2) is 0 Å². The molecule has 86 valence electrons. The highest BCUT2D eigenvalue weighted by molar-refractivity contribution is 6.31. The van der Waals surface area contributed by atoms with Crippen LogP contribution in [0.3, 0.4) is 0 Å². The van der Waals surface area contributed by atoms with Crippen molar-refractivity contribution in [1.82, 2.24) is 4.98 Å². The number of rotatable bonds is 3. The van der Waals surface area contributed by atoms with Crippen molar-refractivity contribution >= 4 is 22.5 Å². The average molecular weight is 237 g/mol. The Morgan fingerprint density at radius 1 is 1.38 bits per heavy atom. The van der Waals surface area contributed by atoms with Crippen molar-refractivity contribution in [3.63, 3.8) is 0 Å². The van der Waals surface area contributed by atoms with Crippen LogP contribution in [0.2, 0.25) is 5.02 Å². The fourth-order valence-corrected chi connectivity index (χ4v) is 1.99. The van der Waals surface area contributed by atoms with Crippen LogP contribution in [0.4, 0.5) is 0 Å². The summed E-state index contributed by atoms with van der Waals surface area (Å²) in [6, 6.07) is 6.12. The maximum Gasteiger partial charge on any atom is 0.0471 e. The Bertz CT molecular complexity index is 488. The van der Waals surface area contributed by atoms with Gasteiger partial charge in [-0.25, -0.2) is 0 Å². The molecule has 0 aliphatic heterocycles. The minimum absolute atomic E-state index is 0.203. The molecule has 3 N–H and O–H groups in total. The topological polar surface area (TPSA) is 41.8 Å². The van der Waals surface area contributed by atoms with Crippen LogP contribution < -0.4 is 5.73 Å². The third-order valence-corrected chi connectivity index (χ3v) is 3.28. The number of hydrogen-bond donors (Lipinski definition) is 2. The summed E-state index contributed by atoms with van der Waals surface area (Å²) in [5.41, 5.74) is 8.44. The number of hydrogen-bond acceptors (Lipinski definition) is 1. The molecule has 1 heterocycles. The first-order valence-corrected chi connectivity index (χ1v) is 5.97. The van der Waals surface area contributed by atoms with E-state index in [1.54, 1.807) is 0 Å². The Balaban J connectivity index is 2.32. The fraction of sp³-hybridized carbons (Fsp3) is 0.385. The van der Waals surface area contributed by atoms with E-state index in [1.807, 2.05) is 18.3 Å². The highest BCUT2D eigenvalue weighted by Gasteiger charge is 2.11. The number of nitrogens with one attached hydrogen (secondary N) is 1. The highest BCUT2D eigenvalue weighted by atomic mass is 35.5. The maximum absolute atomic E-state index is 6.09. The Morgan fingerprint density at radius 3 is 2.81 bits per heavy atom. The first kappa shape index (κ1) is 11.5. The van der Waals surface area contributed by atoms with Gasteiger partial charge in [-0.1, -0.05) is 31.5 Å². The molecule has 1 atom stereocenters. The lowest BCUT2D eigenvalue weighted by Crippen LogP contribution is -2.28. The largest absolute Gasteiger partial charge is 0.361 e. The third-order valence-electron chi connectivity index (χ3n) is 3.04. The zero-order chi connectivity index (χ0) is 11.7. The van der Waals surface area contributed by atoms with Gasteiger partial charge >= 0.3 is 0 Å². The molecule has 2 rings (SSSR count). The van der Waals surface area contributed by atoms with E-state index in [9.17, 15) is 0 Å². The van der Waals surface area contributed by atoms with Crippen LogP contribution >= 0.6 is 11.6 Å². The molecule has 0 amide bonds. The van der Waals surface area contributed by atoms with Gasteiger partial charge in [-0.3, -0.25) is 0 Å². The van der Waals surface area contributed by atoms with Crippen molar-refractivity contribution in [2.24, 2.45) is 11.7 Å². The van der Waals surface area contributed by atoms with Gasteiger partial charge in [-0.05, 0) is 30.0 Å². The van der Waals surface area contributed by atoms with Crippen LogP contribution in [0.25, 0.3) is 10.9 Å². The molecule has 0 fully saturated rings. The second-order valence-electron chi connectivity index (χ2n) is 4.62. The second-order valence-corrected chi connectivity index (χ2v) is 5.05. The van der Waals surface area contributed by atoms with Gasteiger partial charge in [0.1, 0.15) is 0 Å². The summed E-state index contributed by atoms with van der Waals surface area (Å²) in [5, 5.41) is 1.98. The molecule has 2 aromatic rings. The highest BCUT2D eigenvalue weighted by Crippen LogP contribution is 2.23. The van der Waals surface area contributed by atoms with E-state index >= 15 is 0 Å². The van der Waals surface area contributed by atoms with Gasteiger partial charge in [0.05, 0.1) is 0 Å². The van der Waals surface area contributed by atoms with Gasteiger partial charge in [0.2, 0.25) is 0 Å². The standard InChI is InChI=1S/C13H17ClN2/c1-8(2)12(15)5-9-7-16-13-6-10(14)3-4-11(9)13/h3-4,6-8,12,16H,5,15H2,1-2H3. The first-order valence-electron chi connectivity index (χ1n) is 5.59. The maximum atomic E-state index is 6.09. The molecule has 1 aromatic heterocycles. The first-order chi connectivity index (χ1) is 7.58. The molecular weight excluding hydrogens is 220 g/mol. The van der Waals surface area contributed by atoms with Crippen molar-refractivity contribution < 1.29 is 0 Å². The zero-order valence-electron chi connectivity index (χ0n) is 9.63. The Labute approximate surface area is 101 Å². The second kappa shape index (κ2) is 4.48. The molecule has 0 radical (unpaired) electrons. The van der Waals surface area contributed by atoms with E-state index in [-0.39, 0.29) is 6.04 Å². The van der Waals surface area contributed by atoms with E-state index < -0.39 is 0 Å². The molecule has 0 saturated carbocycles. The third kappa shape index (κ3) is 2.23. The number of H-pyrrole nitrogens is 1. The molecule has 1 unspecified atom stereocenters. The van der Waals surface area contributed by atoms with Gasteiger partial charge in [-0.15, -0.1) is 0 Å². The number of benzene rings is 1. The van der Waals surface area contributed by atoms with Crippen LogP contribution in [-0.2, 0) is 6.42 Å². The van der Waals surface area contributed by atoms with Crippen LogP contribution in [0, 0.1) is 5.92 Å². The quantitative estimate of drug-likeness (QED) is 0.843. The monoisotopic (exact) mass is 236 g/mol. The summed E-state index contributed by atoms with van der Waals surface area (Å²) in [6.45, 7) is 4.30. The van der Waals surface area contributed by atoms with Crippen molar-refractivity contribution in [3.05, 3.63) is 35.0 Å². The van der Waals surface area contributed by atoms with E-state index in [1.165, 1.54) is 10.9 Å². The summed E-state index contributed by atoms with van der Waals surface area (Å²) in [4.78, 5) is 3.23. The lowest BCUT2D eigenvalue weighted by molar-refractivity contribution is 0.491. The number of nitrogens with two attached hydrogens (primary N) is 1. The number of halogens is 1. The van der Waals surface area contributed by atoms with E-state index in [2.05, 4.69) is 24.9 Å². The summed E-state index contributed by atoms with van der Waals surface area (Å²) in [6.07, 6.45) is 2.93. The molecule has 0 aliphatic rings. The van der Waals surface area contributed by atoms with Crippen molar-refractivity contribution in [1.29, 1.82) is 0 Å². The molecule has 1 aromatic carbocycles. The molecule has 0 bridgehead atoms. The van der Waals surface area contributed by atoms with Gasteiger partial charge in [0, 0.05) is 28.2 Å². The van der Waals surface area contributed by atoms with E-state index in [0.29, 0.717) is 5.92 Å². The molecule has 0 spiro atoms. The van der Waals surface area contributed by atoms with Gasteiger partial charge < -0.3 is 10.7 Å². The summed E-state index contributed by atoms with van der Waals surface area (Å²) >= 11 is 5.94. The predicted molar refractivity (Wildman–Crippen MR) is 69.8 cm³/mol. The molecule has 0 aliphatic carbocycles. The van der Waals surface area contributed by atoms with Gasteiger partial charge in [-0.2, -0.15) is 0 Å². The van der Waals surface area contributed by atoms with Crippen LogP contribution in [0.5, 0.6) is 0 Å². The van der Waals surface area contributed by atoms with Crippen LogP contribution in [-0.4, -0.2) is 11.0 Å². The predicted octanol–water partition coefficient (Wildman–Crippen LogP) is 3.35. The zero-order valence-corrected chi connectivity index (χ0v) is 10.4. The lowest BCUT2D eigenvalue weighted by atomic mass is 9.97. The minimum atomic E-state index is 0.203. The van der Waals surface area contributed by atoms with Gasteiger partial charge in [0.25, 0.3) is 0 Å². The Morgan fingerprint density at radius 2 is 2.12 bits per heavy atom. The number of fused-ring (bicyclic) bond motifs is 1. The van der Waals surface area contributed by atoms with Crippen molar-refractivity contribution in [3.8, 4) is 0 Å². The summed E-state index contributed by atoms with van der Waals surface area (Å²) in [7, 11) is 0. The average Bonchev–Trinajstić information content (AvgIpc) is 2.60. The van der Waals surface area contributed by atoms with Crippen molar-refractivity contribution in [2.45, 2.75) is 26.3 Å². The number of aromatic amines is 1. The molecule has 0 saturated heterocycles. The number of aromatic nitrogens is 1. The summed E-state index contributed by atoms with van der Waals surface area (Å²) < 4.78 is 0. The molecule has 2 nitrogen and oxygen atoms in total. The fourth-order valence-electron chi connectivity index (χ4n) is 1.82. The van der Waals surface area contributed by atoms with Crippen LogP contribution in [0.15, 0.2) is 24.4 Å². The smallest absolute Gasteiger partial charge is 0.0471 e. The Hall–Kier alpha value is -0.990. The minimum Gasteiger partial charge on any atom is -0.361 e. The van der Waals surface area contributed by atoms with E-state index in [4.69, 9.17) is 17.3 Å². The van der Waals surface area contributed by atoms with Crippen molar-refractivity contribution in [2.75, 3.05) is 0 Å². The van der Waals surface area contributed by atoms with E-state index in [0.717, 1.165) is 17.0 Å². The molecule has 16 heavy (non-hydrogen) atoms. The molecular formula is C13H17ClN2. The Kier molecular flexibility index (Phi) is 3.22. The lowest BCUT2D eigenvalue weighted by Gasteiger charge is -2.14. The normalized spacial score (nSPS) is 13.6.